The van der Waals surface area contributed by atoms with Crippen LogP contribution in [0.15, 0.2) is 24.3 Å². The zero-order valence-corrected chi connectivity index (χ0v) is 14.6. The molecule has 0 atom stereocenters. The second kappa shape index (κ2) is 6.26. The van der Waals surface area contributed by atoms with Gasteiger partial charge in [0.15, 0.2) is 0 Å². The molecule has 0 radical (unpaired) electrons. The summed E-state index contributed by atoms with van der Waals surface area (Å²) in [4.78, 5) is 21.5. The van der Waals surface area contributed by atoms with Crippen LogP contribution in [0.25, 0.3) is 10.9 Å². The van der Waals surface area contributed by atoms with Gasteiger partial charge in [0.25, 0.3) is 0 Å². The summed E-state index contributed by atoms with van der Waals surface area (Å²) in [6, 6.07) is 7.76. The van der Waals surface area contributed by atoms with E-state index in [0.29, 0.717) is 21.3 Å². The number of carbonyl (C=O) groups excluding carboxylic acids is 1. The smallest absolute Gasteiger partial charge is 0.350 e. The van der Waals surface area contributed by atoms with Crippen LogP contribution in [0, 0.1) is 20.8 Å². The number of rotatable bonds is 3. The van der Waals surface area contributed by atoms with E-state index in [4.69, 9.17) is 16.3 Å². The van der Waals surface area contributed by atoms with Crippen molar-refractivity contribution in [2.45, 2.75) is 27.4 Å². The lowest BCUT2D eigenvalue weighted by Gasteiger charge is -2.10. The number of nitrogens with zero attached hydrogens (tertiary/aromatic N) is 2. The lowest BCUT2D eigenvalue weighted by atomic mass is 10.1. The van der Waals surface area contributed by atoms with Gasteiger partial charge in [-0.1, -0.05) is 29.8 Å². The van der Waals surface area contributed by atoms with Gasteiger partial charge in [0, 0.05) is 5.39 Å². The van der Waals surface area contributed by atoms with Crippen molar-refractivity contribution in [3.63, 3.8) is 0 Å². The summed E-state index contributed by atoms with van der Waals surface area (Å²) in [6.45, 7) is 5.64. The number of carbonyl (C=O) groups is 1. The molecule has 0 spiro atoms. The molecule has 0 N–H and O–H groups in total. The second-order valence-corrected chi connectivity index (χ2v) is 6.82. The van der Waals surface area contributed by atoms with Gasteiger partial charge < -0.3 is 4.74 Å². The van der Waals surface area contributed by atoms with Gasteiger partial charge in [0.05, 0.1) is 26.9 Å². The Bertz CT molecular complexity index is 905. The molecule has 0 bridgehead atoms. The first-order chi connectivity index (χ1) is 11.0. The fourth-order valence-electron chi connectivity index (χ4n) is 2.43. The minimum absolute atomic E-state index is 0.0414. The standard InChI is InChI=1S/C17H15ClN2O2S/c1-9-12-6-4-5-7-13(12)20-14(15(9)18)8-22-17(21)16-10(2)19-11(3)23-16/h4-7H,8H2,1-3H3. The molecule has 3 aromatic rings. The highest BCUT2D eigenvalue weighted by Gasteiger charge is 2.17. The van der Waals surface area contributed by atoms with Crippen LogP contribution in [0.1, 0.15) is 31.6 Å². The number of thiazole rings is 1. The van der Waals surface area contributed by atoms with E-state index < -0.39 is 5.97 Å². The van der Waals surface area contributed by atoms with Gasteiger partial charge in [0.1, 0.15) is 11.5 Å². The van der Waals surface area contributed by atoms with Crippen molar-refractivity contribution in [2.24, 2.45) is 0 Å². The molecule has 118 valence electrons. The molecule has 0 aliphatic heterocycles. The molecule has 0 unspecified atom stereocenters. The van der Waals surface area contributed by atoms with Crippen molar-refractivity contribution in [1.82, 2.24) is 9.97 Å². The van der Waals surface area contributed by atoms with E-state index in [0.717, 1.165) is 21.5 Å². The molecule has 23 heavy (non-hydrogen) atoms. The van der Waals surface area contributed by atoms with Gasteiger partial charge in [-0.2, -0.15) is 0 Å². The van der Waals surface area contributed by atoms with Crippen LogP contribution in [0.5, 0.6) is 0 Å². The SMILES string of the molecule is Cc1nc(C)c(C(=O)OCc2nc3ccccc3c(C)c2Cl)s1. The van der Waals surface area contributed by atoms with Gasteiger partial charge in [-0.05, 0) is 32.4 Å². The number of hydrogen-bond donors (Lipinski definition) is 0. The predicted octanol–water partition coefficient (Wildman–Crippen LogP) is 4.63. The number of pyridine rings is 1. The molecule has 0 saturated heterocycles. The van der Waals surface area contributed by atoms with Crippen LogP contribution in [0.4, 0.5) is 0 Å². The number of halogens is 1. The maximum atomic E-state index is 12.2. The molecule has 1 aromatic carbocycles. The highest BCUT2D eigenvalue weighted by molar-refractivity contribution is 7.13. The first kappa shape index (κ1) is 15.9. The number of benzene rings is 1. The molecular weight excluding hydrogens is 332 g/mol. The van der Waals surface area contributed by atoms with E-state index in [1.165, 1.54) is 11.3 Å². The van der Waals surface area contributed by atoms with Crippen LogP contribution >= 0.6 is 22.9 Å². The Morgan fingerprint density at radius 2 is 1.96 bits per heavy atom. The molecular formula is C17H15ClN2O2S. The number of fused-ring (bicyclic) bond motifs is 1. The molecule has 6 heteroatoms. The summed E-state index contributed by atoms with van der Waals surface area (Å²) in [5, 5.41) is 2.38. The molecule has 4 nitrogen and oxygen atoms in total. The number of para-hydroxylation sites is 1. The zero-order chi connectivity index (χ0) is 16.6. The van der Waals surface area contributed by atoms with E-state index in [-0.39, 0.29) is 6.61 Å². The van der Waals surface area contributed by atoms with Crippen LogP contribution in [-0.2, 0) is 11.3 Å². The normalized spacial score (nSPS) is 11.0. The Morgan fingerprint density at radius 1 is 1.22 bits per heavy atom. The van der Waals surface area contributed by atoms with Crippen molar-refractivity contribution in [3.8, 4) is 0 Å². The van der Waals surface area contributed by atoms with Crippen molar-refractivity contribution in [1.29, 1.82) is 0 Å². The van der Waals surface area contributed by atoms with Crippen LogP contribution in [-0.4, -0.2) is 15.9 Å². The maximum Gasteiger partial charge on any atom is 0.350 e. The van der Waals surface area contributed by atoms with E-state index in [1.54, 1.807) is 6.92 Å². The highest BCUT2D eigenvalue weighted by atomic mass is 35.5. The van der Waals surface area contributed by atoms with E-state index >= 15 is 0 Å². The van der Waals surface area contributed by atoms with Crippen molar-refractivity contribution in [3.05, 3.63) is 56.1 Å². The van der Waals surface area contributed by atoms with Gasteiger partial charge in [-0.3, -0.25) is 0 Å². The molecule has 0 aliphatic carbocycles. The first-order valence-electron chi connectivity index (χ1n) is 7.12. The number of ether oxygens (including phenoxy) is 1. The third-order valence-corrected chi connectivity index (χ3v) is 5.13. The van der Waals surface area contributed by atoms with Crippen molar-refractivity contribution >= 4 is 39.8 Å². The second-order valence-electron chi connectivity index (χ2n) is 5.24. The zero-order valence-electron chi connectivity index (χ0n) is 13.0. The third kappa shape index (κ3) is 3.07. The fraction of sp³-hybridized carbons (Fsp3) is 0.235. The summed E-state index contributed by atoms with van der Waals surface area (Å²) in [5.74, 6) is -0.392. The summed E-state index contributed by atoms with van der Waals surface area (Å²) < 4.78 is 5.38. The van der Waals surface area contributed by atoms with E-state index in [1.807, 2.05) is 38.1 Å². The van der Waals surface area contributed by atoms with Gasteiger partial charge in [-0.15, -0.1) is 11.3 Å². The fourth-order valence-corrected chi connectivity index (χ4v) is 3.45. The van der Waals surface area contributed by atoms with E-state index in [9.17, 15) is 4.79 Å². The first-order valence-corrected chi connectivity index (χ1v) is 8.31. The lowest BCUT2D eigenvalue weighted by molar-refractivity contribution is 0.0473. The largest absolute Gasteiger partial charge is 0.455 e. The molecule has 0 aliphatic rings. The molecule has 3 rings (SSSR count). The molecule has 2 aromatic heterocycles. The van der Waals surface area contributed by atoms with Crippen LogP contribution in [0.3, 0.4) is 0 Å². The minimum Gasteiger partial charge on any atom is -0.455 e. The summed E-state index contributed by atoms with van der Waals surface area (Å²) in [6.07, 6.45) is 0. The number of esters is 1. The quantitative estimate of drug-likeness (QED) is 0.649. The topological polar surface area (TPSA) is 52.1 Å². The highest BCUT2D eigenvalue weighted by Crippen LogP contribution is 2.27. The molecule has 0 fully saturated rings. The number of aryl methyl sites for hydroxylation is 3. The van der Waals surface area contributed by atoms with Crippen molar-refractivity contribution in [2.75, 3.05) is 0 Å². The number of hydrogen-bond acceptors (Lipinski definition) is 5. The summed E-state index contributed by atoms with van der Waals surface area (Å²) in [5.41, 5.74) is 3.03. The summed E-state index contributed by atoms with van der Waals surface area (Å²) in [7, 11) is 0. The molecule has 2 heterocycles. The Kier molecular flexibility index (Phi) is 4.33. The Hall–Kier alpha value is -1.98. The average Bonchev–Trinajstić information content (AvgIpc) is 2.88. The monoisotopic (exact) mass is 346 g/mol. The minimum atomic E-state index is -0.392. The third-order valence-electron chi connectivity index (χ3n) is 3.57. The lowest BCUT2D eigenvalue weighted by Crippen LogP contribution is -2.07. The summed E-state index contributed by atoms with van der Waals surface area (Å²) >= 11 is 7.70. The Balaban J connectivity index is 1.86. The number of aromatic nitrogens is 2. The van der Waals surface area contributed by atoms with Gasteiger partial charge in [0.2, 0.25) is 0 Å². The van der Waals surface area contributed by atoms with Crippen molar-refractivity contribution < 1.29 is 9.53 Å². The van der Waals surface area contributed by atoms with E-state index in [2.05, 4.69) is 9.97 Å². The van der Waals surface area contributed by atoms with Gasteiger partial charge in [-0.25, -0.2) is 14.8 Å². The Labute approximate surface area is 143 Å². The maximum absolute atomic E-state index is 12.2. The molecule has 0 saturated carbocycles. The molecule has 0 amide bonds. The van der Waals surface area contributed by atoms with Crippen LogP contribution < -0.4 is 0 Å². The average molecular weight is 347 g/mol. The van der Waals surface area contributed by atoms with Gasteiger partial charge >= 0.3 is 5.97 Å². The Morgan fingerprint density at radius 3 is 2.65 bits per heavy atom. The van der Waals surface area contributed by atoms with Crippen LogP contribution in [0.2, 0.25) is 5.02 Å². The predicted molar refractivity (Wildman–Crippen MR) is 92.2 cm³/mol.